The van der Waals surface area contributed by atoms with E-state index in [0.717, 1.165) is 12.1 Å². The van der Waals surface area contributed by atoms with Crippen molar-refractivity contribution in [3.63, 3.8) is 0 Å². The molecular formula is C17H12FNO8P2. The van der Waals surface area contributed by atoms with Gasteiger partial charge >= 0.3 is 15.6 Å². The molecule has 3 aromatic carbocycles. The van der Waals surface area contributed by atoms with E-state index in [0.29, 0.717) is 21.9 Å². The van der Waals surface area contributed by atoms with Crippen molar-refractivity contribution in [2.75, 3.05) is 0 Å². The number of halogens is 1. The molecule has 0 fully saturated rings. The summed E-state index contributed by atoms with van der Waals surface area (Å²) in [5, 5.41) is 10.3. The fourth-order valence-corrected chi connectivity index (χ4v) is 3.47. The molecule has 0 atom stereocenters. The van der Waals surface area contributed by atoms with Crippen LogP contribution < -0.4 is 9.05 Å². The van der Waals surface area contributed by atoms with E-state index in [9.17, 15) is 18.8 Å². The lowest BCUT2D eigenvalue weighted by molar-refractivity contribution is 0.277. The van der Waals surface area contributed by atoms with Gasteiger partial charge in [0.15, 0.2) is 11.6 Å². The normalized spacial score (nSPS) is 11.9. The van der Waals surface area contributed by atoms with Gasteiger partial charge in [0, 0.05) is 5.39 Å². The molecule has 0 heterocycles. The third-order valence-corrected chi connectivity index (χ3v) is 4.64. The quantitative estimate of drug-likeness (QED) is 0.437. The predicted octanol–water partition coefficient (Wildman–Crippen LogP) is 3.46. The topological polar surface area (TPSA) is 157 Å². The number of phosphoric ester groups is 2. The maximum atomic E-state index is 14.1. The van der Waals surface area contributed by atoms with Crippen molar-refractivity contribution in [1.82, 2.24) is 0 Å². The Balaban J connectivity index is 2.06. The SMILES string of the molecule is N#Cc1cc(-c2ccc(OP(=O)(O)O)c(F)c2)cc2ccc(OP(=O)(O)O)cc12. The van der Waals surface area contributed by atoms with Gasteiger partial charge in [0.05, 0.1) is 11.6 Å². The highest BCUT2D eigenvalue weighted by atomic mass is 31.2. The van der Waals surface area contributed by atoms with E-state index in [1.807, 2.05) is 6.07 Å². The molecule has 0 aliphatic rings. The fourth-order valence-electron chi connectivity index (χ4n) is 2.67. The van der Waals surface area contributed by atoms with Gasteiger partial charge in [0.1, 0.15) is 5.75 Å². The molecule has 0 aliphatic heterocycles. The summed E-state index contributed by atoms with van der Waals surface area (Å²) in [5.74, 6) is -1.75. The summed E-state index contributed by atoms with van der Waals surface area (Å²) >= 11 is 0. The molecule has 0 amide bonds. The molecule has 0 bridgehead atoms. The molecule has 3 rings (SSSR count). The largest absolute Gasteiger partial charge is 0.524 e. The number of hydrogen-bond donors (Lipinski definition) is 4. The lowest BCUT2D eigenvalue weighted by Gasteiger charge is -2.11. The number of hydrogen-bond acceptors (Lipinski definition) is 5. The maximum absolute atomic E-state index is 14.1. The van der Waals surface area contributed by atoms with Crippen LogP contribution in [0.4, 0.5) is 4.39 Å². The highest BCUT2D eigenvalue weighted by Gasteiger charge is 2.20. The van der Waals surface area contributed by atoms with Crippen LogP contribution in [0.1, 0.15) is 5.56 Å². The summed E-state index contributed by atoms with van der Waals surface area (Å²) < 4.78 is 44.8. The van der Waals surface area contributed by atoms with Crippen LogP contribution in [-0.4, -0.2) is 19.6 Å². The zero-order chi connectivity index (χ0) is 21.4. The standard InChI is InChI=1S/C17H12FNO8P2/c18-16-7-10(2-4-17(16)27-29(23,24)25)12-5-11-1-3-14(26-28(20,21)22)8-15(11)13(6-12)9-19/h1-8H,(H2,20,21,22)(H2,23,24,25). The van der Waals surface area contributed by atoms with Crippen molar-refractivity contribution in [3.8, 4) is 28.7 Å². The van der Waals surface area contributed by atoms with Crippen LogP contribution in [0.2, 0.25) is 0 Å². The van der Waals surface area contributed by atoms with Crippen molar-refractivity contribution in [2.24, 2.45) is 0 Å². The molecule has 4 N–H and O–H groups in total. The minimum absolute atomic E-state index is 0.125. The van der Waals surface area contributed by atoms with E-state index >= 15 is 0 Å². The molecule has 3 aromatic rings. The van der Waals surface area contributed by atoms with Crippen molar-refractivity contribution in [1.29, 1.82) is 5.26 Å². The first kappa shape index (κ1) is 21.0. The van der Waals surface area contributed by atoms with E-state index in [1.54, 1.807) is 6.07 Å². The number of fused-ring (bicyclic) bond motifs is 1. The number of rotatable bonds is 5. The summed E-state index contributed by atoms with van der Waals surface area (Å²) in [7, 11) is -9.68. The van der Waals surface area contributed by atoms with Crippen molar-refractivity contribution in [2.45, 2.75) is 0 Å². The second-order valence-corrected chi connectivity index (χ2v) is 8.15. The molecule has 0 saturated heterocycles. The average molecular weight is 439 g/mol. The Kier molecular flexibility index (Phi) is 5.48. The van der Waals surface area contributed by atoms with Crippen molar-refractivity contribution < 1.29 is 42.1 Å². The van der Waals surface area contributed by atoms with E-state index in [4.69, 9.17) is 19.6 Å². The highest BCUT2D eigenvalue weighted by Crippen LogP contribution is 2.41. The van der Waals surface area contributed by atoms with Crippen molar-refractivity contribution >= 4 is 26.4 Å². The van der Waals surface area contributed by atoms with E-state index in [-0.39, 0.29) is 11.3 Å². The molecule has 0 spiro atoms. The Morgan fingerprint density at radius 1 is 0.862 bits per heavy atom. The minimum Gasteiger partial charge on any atom is -0.404 e. The first-order valence-corrected chi connectivity index (χ1v) is 10.8. The zero-order valence-corrected chi connectivity index (χ0v) is 16.0. The van der Waals surface area contributed by atoms with E-state index in [1.165, 1.54) is 30.3 Å². The van der Waals surface area contributed by atoms with Gasteiger partial charge in [-0.1, -0.05) is 12.1 Å². The number of phosphoric acid groups is 2. The fraction of sp³-hybridized carbons (Fsp3) is 0. The molecule has 0 radical (unpaired) electrons. The van der Waals surface area contributed by atoms with Crippen LogP contribution in [0.5, 0.6) is 11.5 Å². The number of nitrogens with zero attached hydrogens (tertiary/aromatic N) is 1. The minimum atomic E-state index is -4.92. The van der Waals surface area contributed by atoms with Gasteiger partial charge < -0.3 is 9.05 Å². The van der Waals surface area contributed by atoms with Gasteiger partial charge in [-0.3, -0.25) is 19.6 Å². The molecule has 29 heavy (non-hydrogen) atoms. The van der Waals surface area contributed by atoms with E-state index in [2.05, 4.69) is 9.05 Å². The first-order chi connectivity index (χ1) is 13.4. The van der Waals surface area contributed by atoms with Crippen LogP contribution >= 0.6 is 15.6 Å². The lowest BCUT2D eigenvalue weighted by atomic mass is 9.97. The van der Waals surface area contributed by atoms with Gasteiger partial charge in [-0.15, -0.1) is 0 Å². The van der Waals surface area contributed by atoms with Gasteiger partial charge in [-0.05, 0) is 52.9 Å². The molecular weight excluding hydrogens is 427 g/mol. The molecule has 12 heteroatoms. The average Bonchev–Trinajstić information content (AvgIpc) is 2.60. The Hall–Kier alpha value is -2.76. The van der Waals surface area contributed by atoms with Crippen LogP contribution in [0.25, 0.3) is 21.9 Å². The summed E-state index contributed by atoms with van der Waals surface area (Å²) in [4.78, 5) is 35.4. The molecule has 0 aromatic heterocycles. The lowest BCUT2D eigenvalue weighted by Crippen LogP contribution is -1.94. The van der Waals surface area contributed by atoms with Gasteiger partial charge in [-0.25, -0.2) is 13.5 Å². The summed E-state index contributed by atoms with van der Waals surface area (Å²) in [5.41, 5.74) is 0.887. The van der Waals surface area contributed by atoms with Gasteiger partial charge in [-0.2, -0.15) is 5.26 Å². The third-order valence-electron chi connectivity index (χ3n) is 3.75. The monoisotopic (exact) mass is 439 g/mol. The molecule has 9 nitrogen and oxygen atoms in total. The summed E-state index contributed by atoms with van der Waals surface area (Å²) in [6.45, 7) is 0. The van der Waals surface area contributed by atoms with Gasteiger partial charge in [0.2, 0.25) is 0 Å². The molecule has 0 saturated carbocycles. The molecule has 150 valence electrons. The second-order valence-electron chi connectivity index (χ2n) is 5.83. The third kappa shape index (κ3) is 5.19. The molecule has 0 unspecified atom stereocenters. The number of nitriles is 1. The predicted molar refractivity (Wildman–Crippen MR) is 99.4 cm³/mol. The van der Waals surface area contributed by atoms with Gasteiger partial charge in [0.25, 0.3) is 0 Å². The smallest absolute Gasteiger partial charge is 0.404 e. The van der Waals surface area contributed by atoms with Crippen LogP contribution in [0, 0.1) is 17.1 Å². The van der Waals surface area contributed by atoms with Crippen LogP contribution in [0.3, 0.4) is 0 Å². The highest BCUT2D eigenvalue weighted by molar-refractivity contribution is 7.47. The van der Waals surface area contributed by atoms with Crippen molar-refractivity contribution in [3.05, 3.63) is 59.9 Å². The zero-order valence-electron chi connectivity index (χ0n) is 14.3. The summed E-state index contributed by atoms with van der Waals surface area (Å²) in [6, 6.07) is 12.5. The Morgan fingerprint density at radius 3 is 2.14 bits per heavy atom. The Bertz CT molecular complexity index is 1240. The maximum Gasteiger partial charge on any atom is 0.524 e. The van der Waals surface area contributed by atoms with Crippen LogP contribution in [-0.2, 0) is 9.13 Å². The molecule has 0 aliphatic carbocycles. The summed E-state index contributed by atoms with van der Waals surface area (Å²) in [6.07, 6.45) is 0. The number of benzene rings is 3. The second kappa shape index (κ2) is 7.58. The first-order valence-electron chi connectivity index (χ1n) is 7.73. The Labute approximate surface area is 163 Å². The van der Waals surface area contributed by atoms with E-state index < -0.39 is 27.2 Å². The Morgan fingerprint density at radius 2 is 1.55 bits per heavy atom. The van der Waals surface area contributed by atoms with Crippen LogP contribution in [0.15, 0.2) is 48.5 Å².